The van der Waals surface area contributed by atoms with Crippen molar-refractivity contribution in [2.75, 3.05) is 18.9 Å². The Morgan fingerprint density at radius 3 is 2.59 bits per heavy atom. The largest absolute Gasteiger partial charge is 0.486 e. The summed E-state index contributed by atoms with van der Waals surface area (Å²) in [5.74, 6) is 1.30. The van der Waals surface area contributed by atoms with Gasteiger partial charge in [-0.15, -0.1) is 0 Å². The lowest BCUT2D eigenvalue weighted by atomic mass is 9.96. The third-order valence-electron chi connectivity index (χ3n) is 4.26. The van der Waals surface area contributed by atoms with Gasteiger partial charge in [-0.2, -0.15) is 10.5 Å². The molecule has 7 heteroatoms. The van der Waals surface area contributed by atoms with E-state index in [0.29, 0.717) is 46.4 Å². The zero-order chi connectivity index (χ0) is 20.8. The van der Waals surface area contributed by atoms with Crippen LogP contribution in [0.5, 0.6) is 11.5 Å². The Kier molecular flexibility index (Phi) is 6.43. The van der Waals surface area contributed by atoms with E-state index in [1.165, 1.54) is 11.8 Å². The number of nitrogens with zero attached hydrogens (tertiary/aromatic N) is 3. The van der Waals surface area contributed by atoms with E-state index in [4.69, 9.17) is 15.2 Å². The van der Waals surface area contributed by atoms with Crippen molar-refractivity contribution in [1.82, 2.24) is 4.98 Å². The third kappa shape index (κ3) is 4.21. The highest BCUT2D eigenvalue weighted by Gasteiger charge is 2.22. The molecule has 0 saturated carbocycles. The van der Waals surface area contributed by atoms with E-state index in [2.05, 4.69) is 17.1 Å². The first-order chi connectivity index (χ1) is 14.1. The van der Waals surface area contributed by atoms with E-state index < -0.39 is 0 Å². The van der Waals surface area contributed by atoms with E-state index in [1.807, 2.05) is 32.1 Å². The van der Waals surface area contributed by atoms with Crippen LogP contribution in [0, 0.1) is 22.7 Å². The molecule has 3 rings (SSSR count). The van der Waals surface area contributed by atoms with Crippen molar-refractivity contribution < 1.29 is 9.47 Å². The molecule has 1 aromatic carbocycles. The highest BCUT2D eigenvalue weighted by Crippen LogP contribution is 2.41. The number of pyridine rings is 1. The molecule has 2 heterocycles. The first kappa shape index (κ1) is 20.3. The molecule has 2 N–H and O–H groups in total. The average molecular weight is 404 g/mol. The molecular formula is C22H20N4O2S. The number of benzene rings is 1. The van der Waals surface area contributed by atoms with Gasteiger partial charge >= 0.3 is 0 Å². The Bertz CT molecular complexity index is 1080. The second-order valence-corrected chi connectivity index (χ2v) is 7.18. The fourth-order valence-corrected chi connectivity index (χ4v) is 3.79. The monoisotopic (exact) mass is 404 g/mol. The van der Waals surface area contributed by atoms with Gasteiger partial charge in [-0.3, -0.25) is 0 Å². The van der Waals surface area contributed by atoms with Crippen LogP contribution < -0.4 is 15.2 Å². The molecule has 0 spiro atoms. The summed E-state index contributed by atoms with van der Waals surface area (Å²) >= 11 is 1.35. The van der Waals surface area contributed by atoms with Crippen molar-refractivity contribution in [2.24, 2.45) is 0 Å². The van der Waals surface area contributed by atoms with Crippen molar-refractivity contribution in [3.8, 4) is 34.8 Å². The zero-order valence-electron chi connectivity index (χ0n) is 16.2. The van der Waals surface area contributed by atoms with Crippen LogP contribution in [0.1, 0.15) is 31.4 Å². The lowest BCUT2D eigenvalue weighted by molar-refractivity contribution is 0.171. The Labute approximate surface area is 174 Å². The van der Waals surface area contributed by atoms with Crippen LogP contribution in [0.4, 0.5) is 5.82 Å². The minimum Gasteiger partial charge on any atom is -0.486 e. The molecule has 6 nitrogen and oxygen atoms in total. The summed E-state index contributed by atoms with van der Waals surface area (Å²) in [6.45, 7) is 4.90. The Hall–Kier alpha value is -3.42. The minimum atomic E-state index is 0.0915. The highest BCUT2D eigenvalue weighted by molar-refractivity contribution is 8.03. The van der Waals surface area contributed by atoms with E-state index in [0.717, 1.165) is 11.3 Å². The molecule has 0 aliphatic carbocycles. The number of nitrogens with two attached hydrogens (primary N) is 1. The first-order valence-corrected chi connectivity index (χ1v) is 9.98. The summed E-state index contributed by atoms with van der Waals surface area (Å²) < 4.78 is 11.2. The number of ether oxygens (including phenoxy) is 2. The second kappa shape index (κ2) is 9.18. The Morgan fingerprint density at radius 2 is 1.93 bits per heavy atom. The van der Waals surface area contributed by atoms with E-state index in [9.17, 15) is 10.5 Å². The maximum atomic E-state index is 9.92. The van der Waals surface area contributed by atoms with Crippen LogP contribution >= 0.6 is 11.8 Å². The predicted molar refractivity (Wildman–Crippen MR) is 114 cm³/mol. The Balaban J connectivity index is 2.18. The third-order valence-corrected chi connectivity index (χ3v) is 5.36. The van der Waals surface area contributed by atoms with Crippen molar-refractivity contribution in [2.45, 2.75) is 25.3 Å². The van der Waals surface area contributed by atoms with Gasteiger partial charge in [0, 0.05) is 10.5 Å². The van der Waals surface area contributed by atoms with Gasteiger partial charge in [0.25, 0.3) is 0 Å². The van der Waals surface area contributed by atoms with E-state index in [-0.39, 0.29) is 11.4 Å². The van der Waals surface area contributed by atoms with Gasteiger partial charge in [0.1, 0.15) is 41.8 Å². The molecular weight excluding hydrogens is 384 g/mol. The summed E-state index contributed by atoms with van der Waals surface area (Å²) in [4.78, 5) is 5.29. The standard InChI is InChI=1S/C22H20N4O2S/c1-3-5-6-15(4-2)29-22-17(13-24)20(16(12-23)21(25)26-22)14-7-8-18-19(11-14)28-10-9-27-18/h4-8,11H,3,9-10H2,1-2H3,(H2,25,26)/b6-5-,15-4+. The number of thioether (sulfide) groups is 1. The first-order valence-electron chi connectivity index (χ1n) is 9.17. The molecule has 0 fully saturated rings. The fourth-order valence-electron chi connectivity index (χ4n) is 2.89. The van der Waals surface area contributed by atoms with Crippen LogP contribution in [0.3, 0.4) is 0 Å². The number of nitrogen functional groups attached to an aromatic ring is 1. The number of nitriles is 2. The molecule has 0 amide bonds. The van der Waals surface area contributed by atoms with Crippen LogP contribution in [0.15, 0.2) is 46.4 Å². The number of rotatable bonds is 5. The molecule has 0 atom stereocenters. The summed E-state index contributed by atoms with van der Waals surface area (Å²) in [5, 5.41) is 20.1. The van der Waals surface area contributed by atoms with Gasteiger partial charge in [0.05, 0.1) is 5.56 Å². The quantitative estimate of drug-likeness (QED) is 0.563. The summed E-state index contributed by atoms with van der Waals surface area (Å²) in [6, 6.07) is 9.66. The number of aromatic nitrogens is 1. The molecule has 0 unspecified atom stereocenters. The van der Waals surface area contributed by atoms with Gasteiger partial charge in [0.2, 0.25) is 0 Å². The lowest BCUT2D eigenvalue weighted by Crippen LogP contribution is -2.15. The molecule has 0 saturated heterocycles. The smallest absolute Gasteiger partial charge is 0.161 e. The van der Waals surface area contributed by atoms with Crippen molar-refractivity contribution in [3.05, 3.63) is 52.5 Å². The van der Waals surface area contributed by atoms with Crippen molar-refractivity contribution in [1.29, 1.82) is 10.5 Å². The zero-order valence-corrected chi connectivity index (χ0v) is 17.0. The molecule has 0 radical (unpaired) electrons. The van der Waals surface area contributed by atoms with Gasteiger partial charge in [-0.25, -0.2) is 4.98 Å². The molecule has 2 aromatic rings. The number of hydrogen-bond donors (Lipinski definition) is 1. The Morgan fingerprint density at radius 1 is 1.21 bits per heavy atom. The maximum Gasteiger partial charge on any atom is 0.161 e. The van der Waals surface area contributed by atoms with Gasteiger partial charge in [-0.05, 0) is 31.0 Å². The molecule has 1 aliphatic rings. The highest BCUT2D eigenvalue weighted by atomic mass is 32.2. The number of fused-ring (bicyclic) bond motifs is 1. The second-order valence-electron chi connectivity index (χ2n) is 6.11. The number of allylic oxidation sites excluding steroid dienone is 3. The van der Waals surface area contributed by atoms with Crippen LogP contribution in [0.2, 0.25) is 0 Å². The van der Waals surface area contributed by atoms with Crippen LogP contribution in [0.25, 0.3) is 11.1 Å². The normalized spacial score (nSPS) is 13.2. The average Bonchev–Trinajstić information content (AvgIpc) is 2.75. The summed E-state index contributed by atoms with van der Waals surface area (Å²) in [6.07, 6.45) is 6.85. The summed E-state index contributed by atoms with van der Waals surface area (Å²) in [5.41, 5.74) is 7.69. The number of anilines is 1. The van der Waals surface area contributed by atoms with E-state index >= 15 is 0 Å². The SMILES string of the molecule is C/C=C(\C=C/CC)Sc1nc(N)c(C#N)c(-c2ccc3c(c2)OCCO3)c1C#N. The van der Waals surface area contributed by atoms with Crippen LogP contribution in [-0.2, 0) is 0 Å². The van der Waals surface area contributed by atoms with E-state index in [1.54, 1.807) is 18.2 Å². The van der Waals surface area contributed by atoms with Crippen molar-refractivity contribution in [3.63, 3.8) is 0 Å². The predicted octanol–water partition coefficient (Wildman–Crippen LogP) is 4.81. The fraction of sp³-hybridized carbons (Fsp3) is 0.227. The van der Waals surface area contributed by atoms with Gasteiger partial charge < -0.3 is 15.2 Å². The molecule has 1 aromatic heterocycles. The van der Waals surface area contributed by atoms with Gasteiger partial charge in [-0.1, -0.05) is 43.0 Å². The van der Waals surface area contributed by atoms with Crippen molar-refractivity contribution >= 4 is 17.6 Å². The molecule has 0 bridgehead atoms. The van der Waals surface area contributed by atoms with Gasteiger partial charge in [0.15, 0.2) is 11.5 Å². The molecule has 29 heavy (non-hydrogen) atoms. The summed E-state index contributed by atoms with van der Waals surface area (Å²) in [7, 11) is 0. The number of hydrogen-bond acceptors (Lipinski definition) is 7. The topological polar surface area (TPSA) is 105 Å². The van der Waals surface area contributed by atoms with Crippen LogP contribution in [-0.4, -0.2) is 18.2 Å². The molecule has 146 valence electrons. The minimum absolute atomic E-state index is 0.0915. The maximum absolute atomic E-state index is 9.92. The lowest BCUT2D eigenvalue weighted by Gasteiger charge is -2.20. The molecule has 1 aliphatic heterocycles.